The zero-order chi connectivity index (χ0) is 10.7. The Balaban J connectivity index is 2.20. The van der Waals surface area contributed by atoms with E-state index in [1.54, 1.807) is 7.11 Å². The van der Waals surface area contributed by atoms with Crippen molar-refractivity contribution in [2.45, 2.75) is 24.0 Å². The predicted octanol–water partition coefficient (Wildman–Crippen LogP) is 2.81. The van der Waals surface area contributed by atoms with Crippen LogP contribution in [0.25, 0.3) is 0 Å². The van der Waals surface area contributed by atoms with Crippen molar-refractivity contribution in [1.82, 2.24) is 5.32 Å². The lowest BCUT2D eigenvalue weighted by Crippen LogP contribution is -2.29. The third kappa shape index (κ3) is 2.47. The molecule has 2 atom stereocenters. The molecule has 1 aliphatic heterocycles. The minimum Gasteiger partial charge on any atom is -0.496 e. The van der Waals surface area contributed by atoms with Crippen molar-refractivity contribution >= 4 is 11.8 Å². The van der Waals surface area contributed by atoms with E-state index in [2.05, 4.69) is 24.4 Å². The average molecular weight is 223 g/mol. The number of rotatable bonds is 2. The summed E-state index contributed by atoms with van der Waals surface area (Å²) in [5, 5.41) is 4.63. The van der Waals surface area contributed by atoms with E-state index in [0.717, 1.165) is 17.5 Å². The Morgan fingerprint density at radius 2 is 2.20 bits per heavy atom. The zero-order valence-corrected chi connectivity index (χ0v) is 10.0. The molecule has 1 fully saturated rings. The Kier molecular flexibility index (Phi) is 3.54. The summed E-state index contributed by atoms with van der Waals surface area (Å²) in [6.07, 6.45) is 1.25. The van der Waals surface area contributed by atoms with E-state index < -0.39 is 0 Å². The number of thioether (sulfide) groups is 1. The van der Waals surface area contributed by atoms with Crippen molar-refractivity contribution in [2.24, 2.45) is 0 Å². The highest BCUT2D eigenvalue weighted by molar-refractivity contribution is 8.00. The van der Waals surface area contributed by atoms with Crippen LogP contribution in [0.4, 0.5) is 0 Å². The van der Waals surface area contributed by atoms with Crippen LogP contribution in [-0.2, 0) is 0 Å². The lowest BCUT2D eigenvalue weighted by Gasteiger charge is -2.28. The van der Waals surface area contributed by atoms with Crippen LogP contribution in [0, 0.1) is 0 Å². The van der Waals surface area contributed by atoms with Gasteiger partial charge in [0.15, 0.2) is 0 Å². The minimum atomic E-state index is 0.380. The molecule has 0 aromatic heterocycles. The molecule has 0 amide bonds. The van der Waals surface area contributed by atoms with Gasteiger partial charge in [-0.2, -0.15) is 0 Å². The largest absolute Gasteiger partial charge is 0.496 e. The molecular formula is C12H17NOS. The van der Waals surface area contributed by atoms with Gasteiger partial charge in [-0.25, -0.2) is 0 Å². The van der Waals surface area contributed by atoms with Crippen molar-refractivity contribution in [2.75, 3.05) is 13.7 Å². The summed E-state index contributed by atoms with van der Waals surface area (Å²) >= 11 is 1.98. The fourth-order valence-corrected chi connectivity index (χ4v) is 3.11. The number of benzene rings is 1. The van der Waals surface area contributed by atoms with Crippen LogP contribution in [-0.4, -0.2) is 18.9 Å². The van der Waals surface area contributed by atoms with E-state index in [9.17, 15) is 0 Å². The second kappa shape index (κ2) is 4.90. The van der Waals surface area contributed by atoms with Crippen LogP contribution >= 0.6 is 11.8 Å². The molecule has 1 heterocycles. The molecule has 2 rings (SSSR count). The molecule has 0 saturated carbocycles. The van der Waals surface area contributed by atoms with Crippen LogP contribution in [0.3, 0.4) is 0 Å². The first-order valence-corrected chi connectivity index (χ1v) is 6.27. The molecule has 2 unspecified atom stereocenters. The van der Waals surface area contributed by atoms with Gasteiger partial charge < -0.3 is 10.1 Å². The number of nitrogens with one attached hydrogen (secondary N) is 1. The van der Waals surface area contributed by atoms with Crippen LogP contribution in [0.1, 0.15) is 24.3 Å². The summed E-state index contributed by atoms with van der Waals surface area (Å²) < 4.78 is 5.38. The molecular weight excluding hydrogens is 206 g/mol. The van der Waals surface area contributed by atoms with Crippen molar-refractivity contribution in [3.63, 3.8) is 0 Å². The molecule has 0 aliphatic carbocycles. The van der Waals surface area contributed by atoms with Crippen LogP contribution in [0.2, 0.25) is 0 Å². The van der Waals surface area contributed by atoms with Gasteiger partial charge in [0.25, 0.3) is 0 Å². The quantitative estimate of drug-likeness (QED) is 0.833. The minimum absolute atomic E-state index is 0.380. The maximum atomic E-state index is 5.38. The second-order valence-corrected chi connectivity index (χ2v) is 5.36. The maximum absolute atomic E-state index is 5.38. The third-order valence-electron chi connectivity index (χ3n) is 2.67. The summed E-state index contributed by atoms with van der Waals surface area (Å²) in [7, 11) is 1.73. The van der Waals surface area contributed by atoms with Gasteiger partial charge in [-0.15, -0.1) is 11.8 Å². The summed E-state index contributed by atoms with van der Waals surface area (Å²) in [5.41, 5.74) is 1.26. The van der Waals surface area contributed by atoms with E-state index in [-0.39, 0.29) is 0 Å². The van der Waals surface area contributed by atoms with Crippen LogP contribution in [0.5, 0.6) is 5.75 Å². The van der Waals surface area contributed by atoms with Gasteiger partial charge in [0.1, 0.15) is 5.75 Å². The lowest BCUT2D eigenvalue weighted by molar-refractivity contribution is 0.406. The first kappa shape index (κ1) is 10.8. The first-order chi connectivity index (χ1) is 7.31. The van der Waals surface area contributed by atoms with E-state index in [1.165, 1.54) is 12.0 Å². The Bertz CT molecular complexity index is 329. The highest BCUT2D eigenvalue weighted by atomic mass is 32.2. The Hall–Kier alpha value is -0.670. The maximum Gasteiger partial charge on any atom is 0.124 e. The highest BCUT2D eigenvalue weighted by Gasteiger charge is 2.22. The van der Waals surface area contributed by atoms with Crippen molar-refractivity contribution in [3.05, 3.63) is 29.8 Å². The third-order valence-corrected chi connectivity index (χ3v) is 4.06. The van der Waals surface area contributed by atoms with E-state index >= 15 is 0 Å². The van der Waals surface area contributed by atoms with Crippen LogP contribution in [0.15, 0.2) is 24.3 Å². The summed E-state index contributed by atoms with van der Waals surface area (Å²) in [5.74, 6) is 0.983. The van der Waals surface area contributed by atoms with E-state index in [1.807, 2.05) is 23.9 Å². The number of hydrogen-bond donors (Lipinski definition) is 1. The van der Waals surface area contributed by atoms with Crippen molar-refractivity contribution < 1.29 is 4.74 Å². The number of methoxy groups -OCH3 is 1. The molecule has 82 valence electrons. The fourth-order valence-electron chi connectivity index (χ4n) is 1.83. The van der Waals surface area contributed by atoms with Gasteiger partial charge in [-0.1, -0.05) is 25.1 Å². The Morgan fingerprint density at radius 3 is 2.93 bits per heavy atom. The highest BCUT2D eigenvalue weighted by Crippen LogP contribution is 2.38. The summed E-state index contributed by atoms with van der Waals surface area (Å²) in [6.45, 7) is 3.38. The SMILES string of the molecule is COc1ccccc1C1NCCC(C)S1. The number of ether oxygens (including phenoxy) is 1. The Labute approximate surface area is 95.4 Å². The predicted molar refractivity (Wildman–Crippen MR) is 65.4 cm³/mol. The van der Waals surface area contributed by atoms with Gasteiger partial charge >= 0.3 is 0 Å². The molecule has 1 saturated heterocycles. The fraction of sp³-hybridized carbons (Fsp3) is 0.500. The number of para-hydroxylation sites is 1. The van der Waals surface area contributed by atoms with E-state index in [0.29, 0.717) is 5.37 Å². The van der Waals surface area contributed by atoms with Crippen molar-refractivity contribution in [1.29, 1.82) is 0 Å². The normalized spacial score (nSPS) is 26.3. The summed E-state index contributed by atoms with van der Waals surface area (Å²) in [6, 6.07) is 8.25. The van der Waals surface area contributed by atoms with Gasteiger partial charge in [0.2, 0.25) is 0 Å². The molecule has 1 aromatic carbocycles. The zero-order valence-electron chi connectivity index (χ0n) is 9.19. The average Bonchev–Trinajstić information content (AvgIpc) is 2.29. The standard InChI is InChI=1S/C12H17NOS/c1-9-7-8-13-12(15-9)10-5-3-4-6-11(10)14-2/h3-6,9,12-13H,7-8H2,1-2H3. The molecule has 2 nitrogen and oxygen atoms in total. The molecule has 1 N–H and O–H groups in total. The number of hydrogen-bond acceptors (Lipinski definition) is 3. The summed E-state index contributed by atoms with van der Waals surface area (Å²) in [4.78, 5) is 0. The molecule has 0 radical (unpaired) electrons. The lowest BCUT2D eigenvalue weighted by atomic mass is 10.2. The molecule has 1 aliphatic rings. The van der Waals surface area contributed by atoms with Crippen molar-refractivity contribution in [3.8, 4) is 5.75 Å². The first-order valence-electron chi connectivity index (χ1n) is 5.33. The monoisotopic (exact) mass is 223 g/mol. The van der Waals surface area contributed by atoms with Gasteiger partial charge in [0, 0.05) is 10.8 Å². The van der Waals surface area contributed by atoms with Gasteiger partial charge in [-0.05, 0) is 19.0 Å². The molecule has 15 heavy (non-hydrogen) atoms. The van der Waals surface area contributed by atoms with Gasteiger partial charge in [0.05, 0.1) is 12.5 Å². The molecule has 0 bridgehead atoms. The molecule has 3 heteroatoms. The Morgan fingerprint density at radius 1 is 1.40 bits per heavy atom. The molecule has 0 spiro atoms. The second-order valence-electron chi connectivity index (χ2n) is 3.81. The smallest absolute Gasteiger partial charge is 0.124 e. The van der Waals surface area contributed by atoms with Crippen LogP contribution < -0.4 is 10.1 Å². The topological polar surface area (TPSA) is 21.3 Å². The molecule has 1 aromatic rings. The van der Waals surface area contributed by atoms with Gasteiger partial charge in [-0.3, -0.25) is 0 Å². The van der Waals surface area contributed by atoms with E-state index in [4.69, 9.17) is 4.74 Å².